The highest BCUT2D eigenvalue weighted by atomic mass is 15.6. The van der Waals surface area contributed by atoms with E-state index in [9.17, 15) is 0 Å². The molecule has 0 radical (unpaired) electrons. The van der Waals surface area contributed by atoms with Crippen LogP contribution in [-0.2, 0) is 0 Å². The molecule has 126 valence electrons. The fourth-order valence-electron chi connectivity index (χ4n) is 2.79. The molecule has 1 N–H and O–H groups in total. The van der Waals surface area contributed by atoms with Crippen molar-refractivity contribution in [1.82, 2.24) is 25.3 Å². The summed E-state index contributed by atoms with van der Waals surface area (Å²) in [6, 6.07) is 12.9. The molecule has 6 nitrogen and oxygen atoms in total. The van der Waals surface area contributed by atoms with Crippen LogP contribution in [0.5, 0.6) is 0 Å². The molecule has 2 heterocycles. The Morgan fingerprint density at radius 1 is 1.00 bits per heavy atom. The average Bonchev–Trinajstić information content (AvgIpc) is 3.06. The van der Waals surface area contributed by atoms with Gasteiger partial charge in [0.15, 0.2) is 5.65 Å². The molecule has 0 aliphatic heterocycles. The molecular weight excluding hydrogens is 300 g/mol. The molecule has 0 bridgehead atoms. The van der Waals surface area contributed by atoms with Crippen molar-refractivity contribution >= 4 is 11.5 Å². The number of hydrogen-bond acceptors (Lipinski definition) is 5. The number of anilines is 1. The normalized spacial score (nSPS) is 14.0. The summed E-state index contributed by atoms with van der Waals surface area (Å²) in [6.45, 7) is 8.89. The number of fused-ring (bicyclic) bond motifs is 1. The Balaban J connectivity index is 1.83. The average molecular weight is 324 g/mol. The Bertz CT molecular complexity index is 793. The molecule has 2 atom stereocenters. The van der Waals surface area contributed by atoms with Crippen molar-refractivity contribution < 1.29 is 0 Å². The lowest BCUT2D eigenvalue weighted by molar-refractivity contribution is 0.542. The van der Waals surface area contributed by atoms with Crippen LogP contribution in [0.1, 0.15) is 57.2 Å². The predicted octanol–water partition coefficient (Wildman–Crippen LogP) is 3.84. The lowest BCUT2D eigenvalue weighted by Gasteiger charge is -2.24. The van der Waals surface area contributed by atoms with E-state index in [-0.39, 0.29) is 6.04 Å². The molecule has 0 saturated heterocycles. The number of tetrazole rings is 1. The van der Waals surface area contributed by atoms with E-state index in [2.05, 4.69) is 77.9 Å². The quantitative estimate of drug-likeness (QED) is 0.746. The van der Waals surface area contributed by atoms with Gasteiger partial charge in [-0.3, -0.25) is 0 Å². The van der Waals surface area contributed by atoms with Crippen LogP contribution >= 0.6 is 0 Å². The third kappa shape index (κ3) is 3.37. The van der Waals surface area contributed by atoms with Crippen molar-refractivity contribution in [2.24, 2.45) is 5.92 Å². The molecule has 0 aliphatic carbocycles. The highest BCUT2D eigenvalue weighted by molar-refractivity contribution is 5.44. The summed E-state index contributed by atoms with van der Waals surface area (Å²) in [4.78, 5) is 0. The number of nitrogens with zero attached hydrogens (tertiary/aromatic N) is 5. The first-order valence-corrected chi connectivity index (χ1v) is 8.50. The Hall–Kier alpha value is -2.50. The Labute approximate surface area is 142 Å². The third-order valence-corrected chi connectivity index (χ3v) is 4.52. The number of benzene rings is 1. The van der Waals surface area contributed by atoms with Gasteiger partial charge in [-0.2, -0.15) is 0 Å². The molecule has 0 amide bonds. The van der Waals surface area contributed by atoms with Crippen LogP contribution in [0.25, 0.3) is 5.65 Å². The van der Waals surface area contributed by atoms with Crippen molar-refractivity contribution in [3.63, 3.8) is 0 Å². The lowest BCUT2D eigenvalue weighted by atomic mass is 9.92. The van der Waals surface area contributed by atoms with Crippen molar-refractivity contribution in [2.45, 2.75) is 46.1 Å². The maximum atomic E-state index is 4.41. The highest BCUT2D eigenvalue weighted by Crippen LogP contribution is 2.28. The maximum absolute atomic E-state index is 4.41. The molecule has 0 saturated carbocycles. The Kier molecular flexibility index (Phi) is 4.74. The second-order valence-corrected chi connectivity index (χ2v) is 6.59. The van der Waals surface area contributed by atoms with Crippen molar-refractivity contribution in [3.8, 4) is 0 Å². The van der Waals surface area contributed by atoms with Gasteiger partial charge in [0.1, 0.15) is 5.82 Å². The van der Waals surface area contributed by atoms with Crippen LogP contribution in [0, 0.1) is 5.92 Å². The van der Waals surface area contributed by atoms with Crippen LogP contribution in [0.3, 0.4) is 0 Å². The molecule has 0 spiro atoms. The van der Waals surface area contributed by atoms with Crippen molar-refractivity contribution in [3.05, 3.63) is 47.5 Å². The SMILES string of the molecule is CC[C@H](C)c1ccc([C@@H](Nc2ccc3nnnn3n2)C(C)C)cc1. The molecule has 3 aromatic rings. The van der Waals surface area contributed by atoms with E-state index < -0.39 is 0 Å². The lowest BCUT2D eigenvalue weighted by Crippen LogP contribution is -2.18. The Morgan fingerprint density at radius 3 is 2.38 bits per heavy atom. The highest BCUT2D eigenvalue weighted by Gasteiger charge is 2.17. The molecular formula is C18H24N6. The zero-order chi connectivity index (χ0) is 17.1. The van der Waals surface area contributed by atoms with E-state index in [4.69, 9.17) is 0 Å². The molecule has 6 heteroatoms. The molecule has 3 rings (SSSR count). The molecule has 0 aliphatic rings. The summed E-state index contributed by atoms with van der Waals surface area (Å²) in [5, 5.41) is 19.3. The van der Waals surface area contributed by atoms with Gasteiger partial charge in [0.2, 0.25) is 0 Å². The fraction of sp³-hybridized carbons (Fsp3) is 0.444. The van der Waals surface area contributed by atoms with E-state index in [0.29, 0.717) is 17.5 Å². The first-order chi connectivity index (χ1) is 11.6. The van der Waals surface area contributed by atoms with E-state index in [1.54, 1.807) is 0 Å². The van der Waals surface area contributed by atoms with Gasteiger partial charge < -0.3 is 5.32 Å². The van der Waals surface area contributed by atoms with Crippen LogP contribution in [0.2, 0.25) is 0 Å². The van der Waals surface area contributed by atoms with Gasteiger partial charge in [0.05, 0.1) is 6.04 Å². The standard InChI is InChI=1S/C18H24N6/c1-5-13(4)14-6-8-15(9-7-14)18(12(2)3)19-16-10-11-17-20-22-23-24(17)21-16/h6-13,18H,5H2,1-4H3,(H,19,21)/t13-,18-/m0/s1. The van der Waals surface area contributed by atoms with Gasteiger partial charge in [-0.1, -0.05) is 52.0 Å². The monoisotopic (exact) mass is 324 g/mol. The first-order valence-electron chi connectivity index (χ1n) is 8.50. The molecule has 2 aromatic heterocycles. The van der Waals surface area contributed by atoms with Crippen LogP contribution in [-0.4, -0.2) is 25.3 Å². The molecule has 0 unspecified atom stereocenters. The fourth-order valence-corrected chi connectivity index (χ4v) is 2.79. The molecule has 1 aromatic carbocycles. The topological polar surface area (TPSA) is 68.0 Å². The third-order valence-electron chi connectivity index (χ3n) is 4.52. The first kappa shape index (κ1) is 16.4. The second-order valence-electron chi connectivity index (χ2n) is 6.59. The smallest absolute Gasteiger partial charge is 0.200 e. The number of rotatable bonds is 6. The number of aromatic nitrogens is 5. The summed E-state index contributed by atoms with van der Waals surface area (Å²) in [5.74, 6) is 1.78. The Morgan fingerprint density at radius 2 is 1.71 bits per heavy atom. The zero-order valence-electron chi connectivity index (χ0n) is 14.6. The van der Waals surface area contributed by atoms with Gasteiger partial charge in [-0.05, 0) is 51.9 Å². The van der Waals surface area contributed by atoms with Crippen LogP contribution in [0.4, 0.5) is 5.82 Å². The molecule has 0 fully saturated rings. The van der Waals surface area contributed by atoms with Crippen molar-refractivity contribution in [1.29, 1.82) is 0 Å². The predicted molar refractivity (Wildman–Crippen MR) is 94.9 cm³/mol. The van der Waals surface area contributed by atoms with Crippen LogP contribution in [0.15, 0.2) is 36.4 Å². The van der Waals surface area contributed by atoms with Gasteiger partial charge in [0.25, 0.3) is 0 Å². The minimum Gasteiger partial charge on any atom is -0.362 e. The summed E-state index contributed by atoms with van der Waals surface area (Å²) >= 11 is 0. The minimum absolute atomic E-state index is 0.178. The maximum Gasteiger partial charge on any atom is 0.200 e. The summed E-state index contributed by atoms with van der Waals surface area (Å²) in [7, 11) is 0. The molecule has 24 heavy (non-hydrogen) atoms. The number of nitrogens with one attached hydrogen (secondary N) is 1. The second kappa shape index (κ2) is 6.95. The van der Waals surface area contributed by atoms with E-state index in [1.807, 2.05) is 12.1 Å². The van der Waals surface area contributed by atoms with Gasteiger partial charge >= 0.3 is 0 Å². The van der Waals surface area contributed by atoms with Gasteiger partial charge in [0, 0.05) is 0 Å². The summed E-state index contributed by atoms with van der Waals surface area (Å²) in [6.07, 6.45) is 1.15. The minimum atomic E-state index is 0.178. The van der Waals surface area contributed by atoms with Gasteiger partial charge in [-0.25, -0.2) is 0 Å². The largest absolute Gasteiger partial charge is 0.362 e. The summed E-state index contributed by atoms with van der Waals surface area (Å²) < 4.78 is 1.44. The van der Waals surface area contributed by atoms with Crippen LogP contribution < -0.4 is 5.32 Å². The summed E-state index contributed by atoms with van der Waals surface area (Å²) in [5.41, 5.74) is 3.28. The van der Waals surface area contributed by atoms with Crippen molar-refractivity contribution in [2.75, 3.05) is 5.32 Å². The zero-order valence-corrected chi connectivity index (χ0v) is 14.6. The number of hydrogen-bond donors (Lipinski definition) is 1. The van der Waals surface area contributed by atoms with E-state index >= 15 is 0 Å². The van der Waals surface area contributed by atoms with E-state index in [0.717, 1.165) is 12.2 Å². The van der Waals surface area contributed by atoms with Gasteiger partial charge in [-0.15, -0.1) is 14.8 Å². The van der Waals surface area contributed by atoms with E-state index in [1.165, 1.54) is 15.8 Å².